The van der Waals surface area contributed by atoms with Crippen LogP contribution in [-0.2, 0) is 28.6 Å². The van der Waals surface area contributed by atoms with Gasteiger partial charge in [0.05, 0.1) is 0 Å². The van der Waals surface area contributed by atoms with Crippen LogP contribution in [0, 0.1) is 0 Å². The van der Waals surface area contributed by atoms with Crippen molar-refractivity contribution in [1.82, 2.24) is 0 Å². The van der Waals surface area contributed by atoms with Gasteiger partial charge in [0, 0.05) is 19.3 Å². The molecule has 0 aliphatic rings. The quantitative estimate of drug-likeness (QED) is 0.0263. The van der Waals surface area contributed by atoms with Crippen molar-refractivity contribution in [3.05, 3.63) is 24.3 Å². The molecular weight excluding hydrogens is 721 g/mol. The molecule has 0 heterocycles. The van der Waals surface area contributed by atoms with E-state index in [0.29, 0.717) is 19.3 Å². The second kappa shape index (κ2) is 47.6. The zero-order valence-corrected chi connectivity index (χ0v) is 38.8. The van der Waals surface area contributed by atoms with Crippen molar-refractivity contribution in [2.24, 2.45) is 0 Å². The third kappa shape index (κ3) is 45.0. The van der Waals surface area contributed by atoms with Crippen molar-refractivity contribution < 1.29 is 28.6 Å². The first kappa shape index (κ1) is 55.9. The van der Waals surface area contributed by atoms with Gasteiger partial charge in [0.15, 0.2) is 6.10 Å². The van der Waals surface area contributed by atoms with Crippen molar-refractivity contribution in [2.75, 3.05) is 13.2 Å². The fourth-order valence-corrected chi connectivity index (χ4v) is 7.30. The van der Waals surface area contributed by atoms with Gasteiger partial charge in [0.1, 0.15) is 13.2 Å². The van der Waals surface area contributed by atoms with E-state index < -0.39 is 6.10 Å². The number of ether oxygens (including phenoxy) is 3. The van der Waals surface area contributed by atoms with Crippen molar-refractivity contribution >= 4 is 17.9 Å². The van der Waals surface area contributed by atoms with E-state index >= 15 is 0 Å². The lowest BCUT2D eigenvalue weighted by Crippen LogP contribution is -2.30. The Hall–Kier alpha value is -2.11. The lowest BCUT2D eigenvalue weighted by molar-refractivity contribution is -0.167. The van der Waals surface area contributed by atoms with Crippen LogP contribution in [-0.4, -0.2) is 37.2 Å². The van der Waals surface area contributed by atoms with Crippen LogP contribution in [0.4, 0.5) is 0 Å². The molecule has 0 amide bonds. The molecule has 0 saturated heterocycles. The predicted molar refractivity (Wildman–Crippen MR) is 247 cm³/mol. The summed E-state index contributed by atoms with van der Waals surface area (Å²) in [5, 5.41) is 0. The zero-order chi connectivity index (χ0) is 42.3. The van der Waals surface area contributed by atoms with Crippen molar-refractivity contribution in [1.29, 1.82) is 0 Å². The molecule has 0 aliphatic carbocycles. The predicted octanol–water partition coefficient (Wildman–Crippen LogP) is 16.4. The molecule has 1 unspecified atom stereocenters. The summed E-state index contributed by atoms with van der Waals surface area (Å²) in [7, 11) is 0. The first-order chi connectivity index (χ1) is 28.5. The van der Waals surface area contributed by atoms with Crippen LogP contribution >= 0.6 is 0 Å². The average molecular weight is 817 g/mol. The summed E-state index contributed by atoms with van der Waals surface area (Å²) < 4.78 is 16.8. The van der Waals surface area contributed by atoms with Crippen molar-refractivity contribution in [3.63, 3.8) is 0 Å². The Morgan fingerprint density at radius 2 is 0.586 bits per heavy atom. The molecule has 1 atom stereocenters. The molecule has 0 N–H and O–H groups in total. The standard InChI is InChI=1S/C52H96O6/c1-4-7-10-13-16-19-22-24-25-26-28-30-33-36-39-42-45-51(54)57-48-49(47-56-50(53)44-41-38-35-32-29-21-18-15-12-9-6-3)58-52(55)46-43-40-37-34-31-27-23-20-17-14-11-8-5-2/h15,18,20,23,49H,4-14,16-17,19,21-22,24-48H2,1-3H3/b18-15-,23-20-. The number of rotatable bonds is 46. The van der Waals surface area contributed by atoms with Gasteiger partial charge in [0.25, 0.3) is 0 Å². The van der Waals surface area contributed by atoms with Gasteiger partial charge < -0.3 is 14.2 Å². The Bertz CT molecular complexity index is 942. The SMILES string of the molecule is CCCC/C=C\CCCCCCCC(=O)OCC(COC(=O)CCCCCCCCCCCCCCCCCC)OC(=O)CCCCCCC/C=C\CCCCCC. The summed E-state index contributed by atoms with van der Waals surface area (Å²) in [5.74, 6) is -0.882. The minimum atomic E-state index is -0.773. The Morgan fingerprint density at radius 1 is 0.328 bits per heavy atom. The molecule has 0 fully saturated rings. The number of unbranched alkanes of at least 4 members (excludes halogenated alkanes) is 31. The fraction of sp³-hybridized carbons (Fsp3) is 0.865. The monoisotopic (exact) mass is 817 g/mol. The molecule has 58 heavy (non-hydrogen) atoms. The highest BCUT2D eigenvalue weighted by Crippen LogP contribution is 2.16. The van der Waals surface area contributed by atoms with Gasteiger partial charge in [-0.15, -0.1) is 0 Å². The minimum Gasteiger partial charge on any atom is -0.462 e. The Labute approximate surface area is 360 Å². The first-order valence-corrected chi connectivity index (χ1v) is 25.3. The summed E-state index contributed by atoms with van der Waals surface area (Å²) in [6.07, 6.45) is 53.0. The largest absolute Gasteiger partial charge is 0.462 e. The molecule has 0 aromatic heterocycles. The molecule has 0 saturated carbocycles. The molecule has 6 heteroatoms. The van der Waals surface area contributed by atoms with E-state index in [1.165, 1.54) is 161 Å². The lowest BCUT2D eigenvalue weighted by Gasteiger charge is -2.18. The molecule has 0 aromatic rings. The maximum absolute atomic E-state index is 12.7. The van der Waals surface area contributed by atoms with Gasteiger partial charge in [-0.3, -0.25) is 14.4 Å². The van der Waals surface area contributed by atoms with Crippen LogP contribution in [0.5, 0.6) is 0 Å². The number of carbonyl (C=O) groups excluding carboxylic acids is 3. The van der Waals surface area contributed by atoms with Crippen LogP contribution < -0.4 is 0 Å². The van der Waals surface area contributed by atoms with Crippen molar-refractivity contribution in [2.45, 2.75) is 277 Å². The fourth-order valence-electron chi connectivity index (χ4n) is 7.30. The summed E-state index contributed by atoms with van der Waals surface area (Å²) in [5.41, 5.74) is 0. The second-order valence-electron chi connectivity index (χ2n) is 17.1. The van der Waals surface area contributed by atoms with Gasteiger partial charge >= 0.3 is 17.9 Å². The van der Waals surface area contributed by atoms with E-state index in [4.69, 9.17) is 14.2 Å². The molecule has 0 rings (SSSR count). The molecule has 0 bridgehead atoms. The van der Waals surface area contributed by atoms with E-state index in [9.17, 15) is 14.4 Å². The molecule has 0 spiro atoms. The topological polar surface area (TPSA) is 78.9 Å². The highest BCUT2D eigenvalue weighted by Gasteiger charge is 2.19. The molecule has 340 valence electrons. The van der Waals surface area contributed by atoms with Gasteiger partial charge in [-0.1, -0.05) is 212 Å². The van der Waals surface area contributed by atoms with Crippen LogP contribution in [0.25, 0.3) is 0 Å². The normalized spacial score (nSPS) is 12.1. The maximum atomic E-state index is 12.7. The minimum absolute atomic E-state index is 0.0737. The third-order valence-corrected chi connectivity index (χ3v) is 11.2. The summed E-state index contributed by atoms with van der Waals surface area (Å²) in [6, 6.07) is 0. The summed E-state index contributed by atoms with van der Waals surface area (Å²) in [4.78, 5) is 37.9. The van der Waals surface area contributed by atoms with Crippen LogP contribution in [0.1, 0.15) is 271 Å². The van der Waals surface area contributed by atoms with E-state index in [-0.39, 0.29) is 31.1 Å². The smallest absolute Gasteiger partial charge is 0.306 e. The molecule has 0 radical (unpaired) electrons. The summed E-state index contributed by atoms with van der Waals surface area (Å²) >= 11 is 0. The van der Waals surface area contributed by atoms with E-state index in [2.05, 4.69) is 45.1 Å². The lowest BCUT2D eigenvalue weighted by atomic mass is 10.0. The van der Waals surface area contributed by atoms with E-state index in [0.717, 1.165) is 70.6 Å². The van der Waals surface area contributed by atoms with Crippen LogP contribution in [0.2, 0.25) is 0 Å². The van der Waals surface area contributed by atoms with Gasteiger partial charge in [-0.05, 0) is 64.2 Å². The number of esters is 3. The Balaban J connectivity index is 4.33. The van der Waals surface area contributed by atoms with Gasteiger partial charge in [-0.25, -0.2) is 0 Å². The molecule has 6 nitrogen and oxygen atoms in total. The maximum Gasteiger partial charge on any atom is 0.306 e. The van der Waals surface area contributed by atoms with E-state index in [1.54, 1.807) is 0 Å². The number of allylic oxidation sites excluding steroid dienone is 4. The molecule has 0 aliphatic heterocycles. The molecule has 0 aromatic carbocycles. The summed E-state index contributed by atoms with van der Waals surface area (Å²) in [6.45, 7) is 6.59. The number of hydrogen-bond donors (Lipinski definition) is 0. The van der Waals surface area contributed by atoms with Crippen LogP contribution in [0.3, 0.4) is 0 Å². The number of carbonyl (C=O) groups is 3. The molecular formula is C52H96O6. The van der Waals surface area contributed by atoms with Gasteiger partial charge in [-0.2, -0.15) is 0 Å². The second-order valence-corrected chi connectivity index (χ2v) is 17.1. The average Bonchev–Trinajstić information content (AvgIpc) is 3.22. The van der Waals surface area contributed by atoms with Crippen LogP contribution in [0.15, 0.2) is 24.3 Å². The highest BCUT2D eigenvalue weighted by molar-refractivity contribution is 5.71. The number of hydrogen-bond acceptors (Lipinski definition) is 6. The Kier molecular flexibility index (Phi) is 45.8. The third-order valence-electron chi connectivity index (χ3n) is 11.2. The highest BCUT2D eigenvalue weighted by atomic mass is 16.6. The Morgan fingerprint density at radius 3 is 0.931 bits per heavy atom. The van der Waals surface area contributed by atoms with E-state index in [1.807, 2.05) is 0 Å². The van der Waals surface area contributed by atoms with Crippen molar-refractivity contribution in [3.8, 4) is 0 Å². The first-order valence-electron chi connectivity index (χ1n) is 25.3. The van der Waals surface area contributed by atoms with Gasteiger partial charge in [0.2, 0.25) is 0 Å². The zero-order valence-electron chi connectivity index (χ0n) is 38.8.